The van der Waals surface area contributed by atoms with Crippen molar-refractivity contribution in [3.8, 4) is 17.3 Å². The van der Waals surface area contributed by atoms with Crippen molar-refractivity contribution in [3.05, 3.63) is 12.4 Å². The van der Waals surface area contributed by atoms with Crippen LogP contribution in [0.3, 0.4) is 0 Å². The average molecular weight is 478 g/mol. The third kappa shape index (κ3) is 7.68. The molecule has 2 aliphatic heterocycles. The molecule has 0 spiro atoms. The SMILES string of the molecule is COC(=O)CC[C@H](NCCCCCn1cnc2nc(NC(=O)C(C)(C)C)cc-2c1O)C(=O)OC. The van der Waals surface area contributed by atoms with Gasteiger partial charge in [0.1, 0.15) is 11.9 Å². The van der Waals surface area contributed by atoms with Crippen LogP contribution in [0.25, 0.3) is 11.4 Å². The summed E-state index contributed by atoms with van der Waals surface area (Å²) >= 11 is 0. The molecule has 188 valence electrons. The van der Waals surface area contributed by atoms with Crippen LogP contribution in [0.5, 0.6) is 5.88 Å². The highest BCUT2D eigenvalue weighted by molar-refractivity contribution is 5.94. The maximum Gasteiger partial charge on any atom is 0.322 e. The molecule has 0 aromatic carbocycles. The monoisotopic (exact) mass is 477 g/mol. The lowest BCUT2D eigenvalue weighted by molar-refractivity contribution is -0.144. The Morgan fingerprint density at radius 1 is 1.15 bits per heavy atom. The zero-order valence-corrected chi connectivity index (χ0v) is 20.5. The first-order valence-corrected chi connectivity index (χ1v) is 11.3. The largest absolute Gasteiger partial charge is 0.494 e. The number of anilines is 1. The second-order valence-electron chi connectivity index (χ2n) is 9.05. The van der Waals surface area contributed by atoms with Crippen LogP contribution in [0, 0.1) is 5.41 Å². The number of nitrogens with zero attached hydrogens (tertiary/aromatic N) is 3. The van der Waals surface area contributed by atoms with Crippen LogP contribution in [0.1, 0.15) is 52.9 Å². The molecule has 34 heavy (non-hydrogen) atoms. The number of methoxy groups -OCH3 is 2. The molecule has 11 nitrogen and oxygen atoms in total. The number of nitrogens with one attached hydrogen (secondary N) is 2. The number of rotatable bonds is 12. The predicted octanol–water partition coefficient (Wildman–Crippen LogP) is 2.33. The lowest BCUT2D eigenvalue weighted by atomic mass is 9.96. The van der Waals surface area contributed by atoms with Gasteiger partial charge in [-0.05, 0) is 31.9 Å². The normalized spacial score (nSPS) is 12.4. The number of carbonyl (C=O) groups excluding carboxylic acids is 3. The Kier molecular flexibility index (Phi) is 9.79. The Hall–Kier alpha value is -3.21. The number of unbranched alkanes of at least 4 members (excludes halogenated alkanes) is 2. The zero-order chi connectivity index (χ0) is 25.3. The van der Waals surface area contributed by atoms with E-state index < -0.39 is 17.4 Å². The van der Waals surface area contributed by atoms with Gasteiger partial charge >= 0.3 is 11.9 Å². The van der Waals surface area contributed by atoms with E-state index in [9.17, 15) is 19.5 Å². The Morgan fingerprint density at radius 2 is 1.88 bits per heavy atom. The first-order valence-electron chi connectivity index (χ1n) is 11.3. The third-order valence-electron chi connectivity index (χ3n) is 5.32. The van der Waals surface area contributed by atoms with Gasteiger partial charge < -0.3 is 29.8 Å². The standard InChI is InChI=1S/C23H35N5O6/c1-23(2,3)22(32)27-17-13-15-19(26-17)25-14-28(20(15)30)12-8-6-7-11-24-16(21(31)34-5)9-10-18(29)33-4/h13-14,16,24,30H,6-12H2,1-5H3,(H,27,32)/t16-/m0/s1. The summed E-state index contributed by atoms with van der Waals surface area (Å²) < 4.78 is 11.0. The summed E-state index contributed by atoms with van der Waals surface area (Å²) in [5, 5.41) is 16.5. The summed E-state index contributed by atoms with van der Waals surface area (Å²) in [5.41, 5.74) is -0.0898. The summed E-state index contributed by atoms with van der Waals surface area (Å²) in [6.45, 7) is 6.55. The molecule has 3 N–H and O–H groups in total. The first-order chi connectivity index (χ1) is 16.1. The Bertz CT molecular complexity index is 952. The molecule has 0 saturated carbocycles. The van der Waals surface area contributed by atoms with Crippen LogP contribution in [-0.4, -0.2) is 64.3 Å². The van der Waals surface area contributed by atoms with Crippen molar-refractivity contribution in [2.75, 3.05) is 26.1 Å². The van der Waals surface area contributed by atoms with Gasteiger partial charge in [0, 0.05) is 18.4 Å². The summed E-state index contributed by atoms with van der Waals surface area (Å²) in [7, 11) is 2.62. The highest BCUT2D eigenvalue weighted by Gasteiger charge is 2.24. The molecule has 0 fully saturated rings. The molecule has 0 radical (unpaired) electrons. The number of aromatic hydroxyl groups is 1. The first kappa shape index (κ1) is 27.0. The van der Waals surface area contributed by atoms with Crippen molar-refractivity contribution in [1.29, 1.82) is 0 Å². The van der Waals surface area contributed by atoms with Crippen LogP contribution in [0.4, 0.5) is 5.82 Å². The van der Waals surface area contributed by atoms with Crippen molar-refractivity contribution in [3.63, 3.8) is 0 Å². The molecule has 1 atom stereocenters. The van der Waals surface area contributed by atoms with Crippen LogP contribution < -0.4 is 10.6 Å². The molecule has 0 aromatic rings. The van der Waals surface area contributed by atoms with Gasteiger partial charge in [-0.1, -0.05) is 27.2 Å². The minimum Gasteiger partial charge on any atom is -0.494 e. The molecule has 1 amide bonds. The quantitative estimate of drug-likeness (QED) is 0.310. The Morgan fingerprint density at radius 3 is 2.53 bits per heavy atom. The van der Waals surface area contributed by atoms with Crippen molar-refractivity contribution in [1.82, 2.24) is 19.9 Å². The summed E-state index contributed by atoms with van der Waals surface area (Å²) in [6, 6.07) is 1.05. The van der Waals surface area contributed by atoms with Crippen LogP contribution in [0.15, 0.2) is 12.4 Å². The highest BCUT2D eigenvalue weighted by Crippen LogP contribution is 2.32. The smallest absolute Gasteiger partial charge is 0.322 e. The Labute approximate surface area is 199 Å². The van der Waals surface area contributed by atoms with Crippen LogP contribution in [0.2, 0.25) is 0 Å². The number of hydrogen-bond acceptors (Lipinski definition) is 9. The molecule has 11 heteroatoms. The van der Waals surface area contributed by atoms with Crippen LogP contribution >= 0.6 is 0 Å². The Balaban J connectivity index is 1.83. The number of aryl methyl sites for hydroxylation is 1. The van der Waals surface area contributed by atoms with Gasteiger partial charge in [-0.2, -0.15) is 0 Å². The fourth-order valence-electron chi connectivity index (χ4n) is 3.21. The van der Waals surface area contributed by atoms with Crippen molar-refractivity contribution in [2.45, 2.75) is 65.5 Å². The van der Waals surface area contributed by atoms with Crippen molar-refractivity contribution >= 4 is 23.7 Å². The van der Waals surface area contributed by atoms with Gasteiger partial charge in [0.25, 0.3) is 0 Å². The zero-order valence-electron chi connectivity index (χ0n) is 20.5. The van der Waals surface area contributed by atoms with E-state index in [0.717, 1.165) is 19.3 Å². The number of aromatic nitrogens is 3. The van der Waals surface area contributed by atoms with E-state index in [1.165, 1.54) is 20.5 Å². The topological polar surface area (TPSA) is 145 Å². The predicted molar refractivity (Wildman–Crippen MR) is 125 cm³/mol. The number of fused-ring (bicyclic) bond motifs is 1. The minimum absolute atomic E-state index is 0.0421. The van der Waals surface area contributed by atoms with E-state index in [1.54, 1.807) is 10.6 Å². The molecule has 2 aliphatic rings. The summed E-state index contributed by atoms with van der Waals surface area (Å²) in [6.07, 6.45) is 4.38. The van der Waals surface area contributed by atoms with Gasteiger partial charge in [0.15, 0.2) is 5.82 Å². The van der Waals surface area contributed by atoms with E-state index in [0.29, 0.717) is 36.7 Å². The molecular weight excluding hydrogens is 442 g/mol. The number of esters is 2. The number of ether oxygens (including phenoxy) is 2. The van der Waals surface area contributed by atoms with Crippen molar-refractivity contribution < 1.29 is 29.0 Å². The van der Waals surface area contributed by atoms with Gasteiger partial charge in [-0.25, -0.2) is 9.97 Å². The summed E-state index contributed by atoms with van der Waals surface area (Å²) in [4.78, 5) is 43.9. The molecule has 0 aliphatic carbocycles. The third-order valence-corrected chi connectivity index (χ3v) is 5.32. The average Bonchev–Trinajstić information content (AvgIpc) is 3.21. The molecule has 0 unspecified atom stereocenters. The fraction of sp³-hybridized carbons (Fsp3) is 0.609. The second kappa shape index (κ2) is 12.3. The molecular formula is C23H35N5O6. The van der Waals surface area contributed by atoms with E-state index in [-0.39, 0.29) is 24.2 Å². The van der Waals surface area contributed by atoms with Crippen molar-refractivity contribution in [2.24, 2.45) is 5.41 Å². The maximum atomic E-state index is 12.2. The molecule has 0 aromatic heterocycles. The molecule has 2 heterocycles. The number of hydrogen-bond donors (Lipinski definition) is 3. The highest BCUT2D eigenvalue weighted by atomic mass is 16.5. The number of carbonyl (C=O) groups is 3. The fourth-order valence-corrected chi connectivity index (χ4v) is 3.21. The lowest BCUT2D eigenvalue weighted by Gasteiger charge is -2.16. The van der Waals surface area contributed by atoms with Gasteiger partial charge in [-0.3, -0.25) is 14.4 Å². The van der Waals surface area contributed by atoms with Crippen LogP contribution in [-0.2, 0) is 30.4 Å². The lowest BCUT2D eigenvalue weighted by Crippen LogP contribution is -2.38. The van der Waals surface area contributed by atoms with Gasteiger partial charge in [0.2, 0.25) is 11.8 Å². The van der Waals surface area contributed by atoms with E-state index >= 15 is 0 Å². The summed E-state index contributed by atoms with van der Waals surface area (Å²) in [5.74, 6) is -0.194. The molecule has 0 saturated heterocycles. The van der Waals surface area contributed by atoms with E-state index in [2.05, 4.69) is 25.3 Å². The van der Waals surface area contributed by atoms with Gasteiger partial charge in [-0.15, -0.1) is 0 Å². The van der Waals surface area contributed by atoms with E-state index in [1.807, 2.05) is 20.8 Å². The minimum atomic E-state index is -0.563. The maximum absolute atomic E-state index is 12.2. The second-order valence-corrected chi connectivity index (χ2v) is 9.05. The molecule has 2 rings (SSSR count). The van der Waals surface area contributed by atoms with E-state index in [4.69, 9.17) is 4.74 Å². The molecule has 0 bridgehead atoms. The number of amides is 1. The van der Waals surface area contributed by atoms with Gasteiger partial charge in [0.05, 0.1) is 26.1 Å².